The minimum atomic E-state index is -1.55. The summed E-state index contributed by atoms with van der Waals surface area (Å²) in [5.41, 5.74) is 0.377. The minimum Gasteiger partial charge on any atom is -0.374 e. The lowest BCUT2D eigenvalue weighted by atomic mass is 9.81. The van der Waals surface area contributed by atoms with Gasteiger partial charge in [0.15, 0.2) is 11.2 Å². The van der Waals surface area contributed by atoms with Gasteiger partial charge in [0.25, 0.3) is 0 Å². The first kappa shape index (κ1) is 21.8. The average molecular weight is 443 g/mol. The maximum absolute atomic E-state index is 12.2. The highest BCUT2D eigenvalue weighted by molar-refractivity contribution is 5.48. The molecule has 4 aromatic carbocycles. The highest BCUT2D eigenvalue weighted by Gasteiger charge is 2.39. The molecule has 34 heavy (non-hydrogen) atoms. The van der Waals surface area contributed by atoms with E-state index in [1.165, 1.54) is 0 Å². The van der Waals surface area contributed by atoms with Crippen molar-refractivity contribution < 1.29 is 10.2 Å². The van der Waals surface area contributed by atoms with Crippen molar-refractivity contribution in [1.82, 2.24) is 4.98 Å². The summed E-state index contributed by atoms with van der Waals surface area (Å²) < 4.78 is 0. The Kier molecular flexibility index (Phi) is 5.81. The number of aliphatic hydroxyl groups is 2. The van der Waals surface area contributed by atoms with E-state index in [1.807, 2.05) is 121 Å². The zero-order valence-corrected chi connectivity index (χ0v) is 18.5. The molecule has 0 amide bonds. The van der Waals surface area contributed by atoms with Crippen molar-refractivity contribution in [3.05, 3.63) is 173 Å². The Bertz CT molecular complexity index is 1170. The molecule has 0 spiro atoms. The van der Waals surface area contributed by atoms with Gasteiger partial charge in [0.2, 0.25) is 0 Å². The Morgan fingerprint density at radius 3 is 1.21 bits per heavy atom. The molecule has 1 heterocycles. The molecule has 165 valence electrons. The van der Waals surface area contributed by atoms with E-state index in [1.54, 1.807) is 12.1 Å². The number of hydrogen-bond acceptors (Lipinski definition) is 3. The normalized spacial score (nSPS) is 11.8. The van der Waals surface area contributed by atoms with Crippen LogP contribution in [0.1, 0.15) is 33.6 Å². The molecular weight excluding hydrogens is 418 g/mol. The van der Waals surface area contributed by atoms with Crippen molar-refractivity contribution in [1.29, 1.82) is 0 Å². The van der Waals surface area contributed by atoms with Crippen molar-refractivity contribution >= 4 is 0 Å². The zero-order valence-electron chi connectivity index (χ0n) is 18.5. The third-order valence-electron chi connectivity index (χ3n) is 6.17. The van der Waals surface area contributed by atoms with E-state index < -0.39 is 11.2 Å². The highest BCUT2D eigenvalue weighted by Crippen LogP contribution is 2.39. The van der Waals surface area contributed by atoms with Gasteiger partial charge in [0, 0.05) is 6.07 Å². The molecule has 2 N–H and O–H groups in total. The summed E-state index contributed by atoms with van der Waals surface area (Å²) in [5.74, 6) is 0. The van der Waals surface area contributed by atoms with Crippen LogP contribution in [0.25, 0.3) is 0 Å². The van der Waals surface area contributed by atoms with Crippen molar-refractivity contribution in [2.45, 2.75) is 11.2 Å². The average Bonchev–Trinajstić information content (AvgIpc) is 2.94. The van der Waals surface area contributed by atoms with Gasteiger partial charge in [-0.2, -0.15) is 0 Å². The van der Waals surface area contributed by atoms with E-state index in [4.69, 9.17) is 4.98 Å². The van der Waals surface area contributed by atoms with Gasteiger partial charge >= 0.3 is 0 Å². The van der Waals surface area contributed by atoms with E-state index in [2.05, 4.69) is 6.07 Å². The molecule has 0 fully saturated rings. The second kappa shape index (κ2) is 9.06. The van der Waals surface area contributed by atoms with Gasteiger partial charge in [0.1, 0.15) is 0 Å². The van der Waals surface area contributed by atoms with Gasteiger partial charge in [-0.3, -0.25) is 0 Å². The second-order valence-corrected chi connectivity index (χ2v) is 8.21. The van der Waals surface area contributed by atoms with E-state index in [0.29, 0.717) is 33.6 Å². The van der Waals surface area contributed by atoms with E-state index in [-0.39, 0.29) is 0 Å². The molecule has 1 radical (unpaired) electrons. The van der Waals surface area contributed by atoms with E-state index in [9.17, 15) is 10.2 Å². The molecule has 0 aliphatic carbocycles. The van der Waals surface area contributed by atoms with Gasteiger partial charge < -0.3 is 10.2 Å². The number of aromatic nitrogens is 1. The number of benzene rings is 4. The minimum absolute atomic E-state index is 0.313. The zero-order chi connectivity index (χ0) is 23.4. The van der Waals surface area contributed by atoms with Gasteiger partial charge in [-0.05, 0) is 28.3 Å². The summed E-state index contributed by atoms with van der Waals surface area (Å²) in [7, 11) is 0. The van der Waals surface area contributed by atoms with Crippen molar-refractivity contribution in [3.63, 3.8) is 0 Å². The maximum Gasteiger partial charge on any atom is 0.157 e. The van der Waals surface area contributed by atoms with Crippen molar-refractivity contribution in [2.75, 3.05) is 0 Å². The largest absolute Gasteiger partial charge is 0.374 e. The van der Waals surface area contributed by atoms with Gasteiger partial charge in [-0.25, -0.2) is 4.98 Å². The first-order chi connectivity index (χ1) is 16.6. The standard InChI is InChI=1S/C31H24NO2/c33-30(24-14-5-1-6-15-24,25-16-7-2-8-17-25)28-22-13-23-29(32-28)31(34,26-18-9-3-10-19-26)27-20-11-4-12-21-27/h1-22,33-34H. The topological polar surface area (TPSA) is 53.4 Å². The number of nitrogens with zero attached hydrogens (tertiary/aromatic N) is 1. The Hall–Kier alpha value is -4.05. The van der Waals surface area contributed by atoms with Crippen molar-refractivity contribution in [3.8, 4) is 0 Å². The van der Waals surface area contributed by atoms with Gasteiger partial charge in [-0.15, -0.1) is 0 Å². The molecule has 5 aromatic rings. The number of pyridine rings is 1. The fraction of sp³-hybridized carbons (Fsp3) is 0.0645. The predicted octanol–water partition coefficient (Wildman–Crippen LogP) is 5.45. The molecule has 0 unspecified atom stereocenters. The molecule has 0 saturated heterocycles. The molecule has 3 nitrogen and oxygen atoms in total. The van der Waals surface area contributed by atoms with Crippen LogP contribution < -0.4 is 0 Å². The summed E-state index contributed by atoms with van der Waals surface area (Å²) in [4.78, 5) is 4.87. The van der Waals surface area contributed by atoms with Crippen LogP contribution in [-0.2, 0) is 11.2 Å². The van der Waals surface area contributed by atoms with Crippen LogP contribution in [0.5, 0.6) is 0 Å². The van der Waals surface area contributed by atoms with E-state index >= 15 is 0 Å². The van der Waals surface area contributed by atoms with Gasteiger partial charge in [-0.1, -0.05) is 127 Å². The van der Waals surface area contributed by atoms with Crippen LogP contribution in [0.3, 0.4) is 0 Å². The predicted molar refractivity (Wildman–Crippen MR) is 133 cm³/mol. The molecule has 0 saturated carbocycles. The van der Waals surface area contributed by atoms with Crippen LogP contribution in [0.4, 0.5) is 0 Å². The number of hydrogen-bond donors (Lipinski definition) is 2. The highest BCUT2D eigenvalue weighted by atomic mass is 16.3. The first-order valence-electron chi connectivity index (χ1n) is 11.2. The molecule has 0 aliphatic rings. The Balaban J connectivity index is 1.74. The first-order valence-corrected chi connectivity index (χ1v) is 11.2. The van der Waals surface area contributed by atoms with Crippen LogP contribution in [-0.4, -0.2) is 15.2 Å². The molecule has 0 bridgehead atoms. The number of rotatable bonds is 6. The van der Waals surface area contributed by atoms with Crippen LogP contribution in [0.2, 0.25) is 0 Å². The Morgan fingerprint density at radius 1 is 0.471 bits per heavy atom. The monoisotopic (exact) mass is 442 g/mol. The molecule has 0 atom stereocenters. The molecule has 1 aromatic heterocycles. The van der Waals surface area contributed by atoms with E-state index in [0.717, 1.165) is 0 Å². The molecule has 3 heteroatoms. The van der Waals surface area contributed by atoms with Crippen LogP contribution >= 0.6 is 0 Å². The summed E-state index contributed by atoms with van der Waals surface area (Å²) in [6.45, 7) is 0. The lowest BCUT2D eigenvalue weighted by Crippen LogP contribution is -2.34. The third kappa shape index (κ3) is 3.71. The molecule has 5 rings (SSSR count). The fourth-order valence-electron chi connectivity index (χ4n) is 4.40. The van der Waals surface area contributed by atoms with Gasteiger partial charge in [0.05, 0.1) is 11.4 Å². The Labute approximate surface area is 199 Å². The maximum atomic E-state index is 12.2. The fourth-order valence-corrected chi connectivity index (χ4v) is 4.40. The molecular formula is C31H24NO2. The summed E-state index contributed by atoms with van der Waals surface area (Å²) in [5, 5.41) is 24.4. The Morgan fingerprint density at radius 2 is 0.824 bits per heavy atom. The summed E-state index contributed by atoms with van der Waals surface area (Å²) in [6, 6.07) is 44.4. The summed E-state index contributed by atoms with van der Waals surface area (Å²) >= 11 is 0. The lowest BCUT2D eigenvalue weighted by molar-refractivity contribution is 0.109. The second-order valence-electron chi connectivity index (χ2n) is 8.21. The summed E-state index contributed by atoms with van der Waals surface area (Å²) in [6.07, 6.45) is 0. The third-order valence-corrected chi connectivity index (χ3v) is 6.17. The van der Waals surface area contributed by atoms with Crippen LogP contribution in [0.15, 0.2) is 133 Å². The quantitative estimate of drug-likeness (QED) is 0.368. The smallest absolute Gasteiger partial charge is 0.157 e. The SMILES string of the molecule is OC(c1ccccc1)(c1ccccc1)c1[c]ccc(C(O)(c2ccccc2)c2ccccc2)n1. The van der Waals surface area contributed by atoms with Crippen molar-refractivity contribution in [2.24, 2.45) is 0 Å². The lowest BCUT2D eigenvalue weighted by Gasteiger charge is -2.32. The van der Waals surface area contributed by atoms with Crippen LogP contribution in [0, 0.1) is 6.07 Å². The molecule has 0 aliphatic heterocycles.